The summed E-state index contributed by atoms with van der Waals surface area (Å²) < 4.78 is 6.79. The van der Waals surface area contributed by atoms with Crippen LogP contribution in [0.3, 0.4) is 0 Å². The largest absolute Gasteiger partial charge is 0.490 e. The number of hydrogen-bond acceptors (Lipinski definition) is 1. The Balaban J connectivity index is 2.42. The number of rotatable bonds is 4. The Morgan fingerprint density at radius 2 is 1.84 bits per heavy atom. The summed E-state index contributed by atoms with van der Waals surface area (Å²) in [6.07, 6.45) is 9.38. The lowest BCUT2D eigenvalue weighted by Gasteiger charge is -2.32. The minimum atomic E-state index is 0.188. The molecule has 2 aliphatic rings. The molecule has 0 radical (unpaired) electrons. The van der Waals surface area contributed by atoms with Crippen LogP contribution in [-0.2, 0) is 4.74 Å². The highest BCUT2D eigenvalue weighted by Gasteiger charge is 2.32. The predicted molar refractivity (Wildman–Crippen MR) is 109 cm³/mol. The van der Waals surface area contributed by atoms with Crippen molar-refractivity contribution in [3.05, 3.63) is 46.8 Å². The second-order valence-corrected chi connectivity index (χ2v) is 8.81. The lowest BCUT2D eigenvalue weighted by atomic mass is 9.81. The van der Waals surface area contributed by atoms with Gasteiger partial charge in [0.25, 0.3) is 0 Å². The maximum Gasteiger partial charge on any atom is 0.123 e. The fourth-order valence-corrected chi connectivity index (χ4v) is 4.22. The van der Waals surface area contributed by atoms with Gasteiger partial charge in [-0.1, -0.05) is 60.3 Å². The molecule has 1 heteroatoms. The van der Waals surface area contributed by atoms with Crippen LogP contribution in [0, 0.1) is 23.7 Å². The van der Waals surface area contributed by atoms with Gasteiger partial charge in [-0.15, -0.1) is 0 Å². The molecule has 0 aromatic rings. The van der Waals surface area contributed by atoms with E-state index in [4.69, 9.17) is 4.74 Å². The fourth-order valence-electron chi connectivity index (χ4n) is 4.22. The number of ether oxygens (including phenoxy) is 1. The zero-order chi connectivity index (χ0) is 18.7. The summed E-state index contributed by atoms with van der Waals surface area (Å²) in [4.78, 5) is 0. The van der Waals surface area contributed by atoms with Gasteiger partial charge in [0, 0.05) is 6.42 Å². The van der Waals surface area contributed by atoms with Crippen molar-refractivity contribution < 1.29 is 4.74 Å². The number of hydrogen-bond donors (Lipinski definition) is 0. The van der Waals surface area contributed by atoms with Crippen molar-refractivity contribution in [3.63, 3.8) is 0 Å². The molecule has 1 heterocycles. The van der Waals surface area contributed by atoms with Crippen molar-refractivity contribution in [1.29, 1.82) is 0 Å². The summed E-state index contributed by atoms with van der Waals surface area (Å²) in [7, 11) is 0. The van der Waals surface area contributed by atoms with Crippen molar-refractivity contribution >= 4 is 0 Å². The second kappa shape index (κ2) is 8.43. The standard InChI is InChI=1S/C24H38O/c1-15(2)19(7)20(8)23(16(3)4)24-18(6)12-13-21-11-9-10-17(5)14-22(21)25-24/h9-10,15-18,24H,7,11-14H2,1-6,8H3. The van der Waals surface area contributed by atoms with E-state index in [1.165, 1.54) is 40.9 Å². The van der Waals surface area contributed by atoms with E-state index in [0.717, 1.165) is 12.8 Å². The molecule has 2 rings (SSSR count). The van der Waals surface area contributed by atoms with Gasteiger partial charge in [0.1, 0.15) is 6.10 Å². The Bertz CT molecular complexity index is 585. The zero-order valence-corrected chi connectivity index (χ0v) is 17.5. The third-order valence-corrected chi connectivity index (χ3v) is 5.96. The van der Waals surface area contributed by atoms with Gasteiger partial charge in [-0.3, -0.25) is 0 Å². The Kier molecular flexibility index (Phi) is 6.77. The SMILES string of the molecule is C=C(C(C)=C(C(C)C)C1OC2=C(CC=CC(C)C2)CCC1C)C(C)C. The van der Waals surface area contributed by atoms with E-state index in [0.29, 0.717) is 23.7 Å². The molecule has 0 aromatic carbocycles. The third-order valence-electron chi connectivity index (χ3n) is 5.96. The van der Waals surface area contributed by atoms with E-state index >= 15 is 0 Å². The molecule has 0 spiro atoms. The highest BCUT2D eigenvalue weighted by molar-refractivity contribution is 5.36. The van der Waals surface area contributed by atoms with E-state index in [2.05, 4.69) is 67.2 Å². The van der Waals surface area contributed by atoms with Crippen molar-refractivity contribution in [2.24, 2.45) is 23.7 Å². The Morgan fingerprint density at radius 1 is 1.16 bits per heavy atom. The first-order valence-corrected chi connectivity index (χ1v) is 10.2. The van der Waals surface area contributed by atoms with Crippen LogP contribution in [0.25, 0.3) is 0 Å². The van der Waals surface area contributed by atoms with E-state index in [1.54, 1.807) is 0 Å². The lowest BCUT2D eigenvalue weighted by molar-refractivity contribution is 0.0868. The van der Waals surface area contributed by atoms with Crippen LogP contribution < -0.4 is 0 Å². The first kappa shape index (κ1) is 20.1. The minimum Gasteiger partial charge on any atom is -0.490 e. The van der Waals surface area contributed by atoms with Gasteiger partial charge >= 0.3 is 0 Å². The van der Waals surface area contributed by atoms with Gasteiger partial charge in [-0.25, -0.2) is 0 Å². The van der Waals surface area contributed by atoms with Gasteiger partial charge in [0.2, 0.25) is 0 Å². The van der Waals surface area contributed by atoms with Crippen LogP contribution in [0.2, 0.25) is 0 Å². The van der Waals surface area contributed by atoms with E-state index in [1.807, 2.05) is 0 Å². The van der Waals surface area contributed by atoms with Crippen LogP contribution in [0.4, 0.5) is 0 Å². The fraction of sp³-hybridized carbons (Fsp3) is 0.667. The molecule has 1 aliphatic heterocycles. The van der Waals surface area contributed by atoms with Crippen LogP contribution in [0.5, 0.6) is 0 Å². The first-order chi connectivity index (χ1) is 11.7. The number of allylic oxidation sites excluding steroid dienone is 6. The summed E-state index contributed by atoms with van der Waals surface area (Å²) in [5, 5.41) is 0. The zero-order valence-electron chi connectivity index (χ0n) is 17.5. The highest BCUT2D eigenvalue weighted by Crippen LogP contribution is 2.40. The van der Waals surface area contributed by atoms with E-state index in [9.17, 15) is 0 Å². The second-order valence-electron chi connectivity index (χ2n) is 8.81. The van der Waals surface area contributed by atoms with Gasteiger partial charge in [0.15, 0.2) is 0 Å². The van der Waals surface area contributed by atoms with Crippen molar-refractivity contribution in [2.45, 2.75) is 80.3 Å². The highest BCUT2D eigenvalue weighted by atomic mass is 16.5. The third kappa shape index (κ3) is 4.68. The molecular formula is C24H38O. The quantitative estimate of drug-likeness (QED) is 0.387. The molecule has 0 saturated carbocycles. The van der Waals surface area contributed by atoms with E-state index < -0.39 is 0 Å². The molecule has 0 N–H and O–H groups in total. The Morgan fingerprint density at radius 3 is 2.44 bits per heavy atom. The van der Waals surface area contributed by atoms with Crippen molar-refractivity contribution in [3.8, 4) is 0 Å². The smallest absolute Gasteiger partial charge is 0.123 e. The summed E-state index contributed by atoms with van der Waals surface area (Å²) in [5.74, 6) is 3.34. The van der Waals surface area contributed by atoms with Crippen LogP contribution >= 0.6 is 0 Å². The first-order valence-electron chi connectivity index (χ1n) is 10.2. The maximum absolute atomic E-state index is 6.79. The van der Waals surface area contributed by atoms with Gasteiger partial charge < -0.3 is 4.74 Å². The maximum atomic E-state index is 6.79. The summed E-state index contributed by atoms with van der Waals surface area (Å²) >= 11 is 0. The molecule has 3 unspecified atom stereocenters. The van der Waals surface area contributed by atoms with Crippen molar-refractivity contribution in [1.82, 2.24) is 0 Å². The molecule has 0 bridgehead atoms. The van der Waals surface area contributed by atoms with Gasteiger partial charge in [0.05, 0.1) is 5.76 Å². The Labute approximate surface area is 155 Å². The Hall–Kier alpha value is -1.24. The normalized spacial score (nSPS) is 28.3. The van der Waals surface area contributed by atoms with Gasteiger partial charge in [-0.2, -0.15) is 0 Å². The van der Waals surface area contributed by atoms with Gasteiger partial charge in [-0.05, 0) is 72.2 Å². The lowest BCUT2D eigenvalue weighted by Crippen LogP contribution is -2.27. The predicted octanol–water partition coefficient (Wildman–Crippen LogP) is 7.23. The minimum absolute atomic E-state index is 0.188. The van der Waals surface area contributed by atoms with Crippen LogP contribution in [0.1, 0.15) is 74.1 Å². The van der Waals surface area contributed by atoms with E-state index in [-0.39, 0.29) is 6.10 Å². The van der Waals surface area contributed by atoms with Crippen LogP contribution in [-0.4, -0.2) is 6.10 Å². The molecule has 25 heavy (non-hydrogen) atoms. The molecule has 140 valence electrons. The molecular weight excluding hydrogens is 304 g/mol. The topological polar surface area (TPSA) is 9.23 Å². The average Bonchev–Trinajstić information content (AvgIpc) is 2.79. The molecule has 0 fully saturated rings. The molecule has 0 aromatic heterocycles. The molecule has 3 atom stereocenters. The molecule has 0 saturated heterocycles. The monoisotopic (exact) mass is 342 g/mol. The summed E-state index contributed by atoms with van der Waals surface area (Å²) in [6.45, 7) is 20.4. The molecule has 0 amide bonds. The average molecular weight is 343 g/mol. The summed E-state index contributed by atoms with van der Waals surface area (Å²) in [5.41, 5.74) is 5.61. The molecule has 1 aliphatic carbocycles. The molecule has 1 nitrogen and oxygen atoms in total. The summed E-state index contributed by atoms with van der Waals surface area (Å²) in [6, 6.07) is 0. The van der Waals surface area contributed by atoms with Crippen LogP contribution in [0.15, 0.2) is 46.8 Å². The van der Waals surface area contributed by atoms with Crippen molar-refractivity contribution in [2.75, 3.05) is 0 Å².